The number of nitrogens with two attached hydrogens (primary N) is 1. The van der Waals surface area contributed by atoms with Crippen LogP contribution in [-0.4, -0.2) is 29.7 Å². The summed E-state index contributed by atoms with van der Waals surface area (Å²) < 4.78 is 5.03. The molecule has 0 aliphatic carbocycles. The monoisotopic (exact) mass is 240 g/mol. The first-order valence-corrected chi connectivity index (χ1v) is 5.68. The van der Waals surface area contributed by atoms with Crippen LogP contribution in [0.25, 0.3) is 0 Å². The van der Waals surface area contributed by atoms with E-state index in [1.165, 1.54) is 13.4 Å². The Balaban J connectivity index is 2.92. The van der Waals surface area contributed by atoms with Crippen molar-refractivity contribution in [2.45, 2.75) is 26.3 Å². The second kappa shape index (κ2) is 6.24. The minimum atomic E-state index is -0.291. The van der Waals surface area contributed by atoms with E-state index < -0.39 is 0 Å². The molecule has 0 saturated heterocycles. The van der Waals surface area contributed by atoms with Gasteiger partial charge in [0.2, 0.25) is 5.75 Å². The zero-order chi connectivity index (χ0) is 12.8. The van der Waals surface area contributed by atoms with Gasteiger partial charge in [0.1, 0.15) is 0 Å². The number of hydrogen-bond acceptors (Lipinski definition) is 5. The van der Waals surface area contributed by atoms with Gasteiger partial charge in [-0.1, -0.05) is 13.8 Å². The Morgan fingerprint density at radius 3 is 2.82 bits per heavy atom. The fourth-order valence-electron chi connectivity index (χ4n) is 1.61. The fourth-order valence-corrected chi connectivity index (χ4v) is 1.61. The molecule has 4 N–H and O–H groups in total. The topological polar surface area (TPSA) is 93.0 Å². The molecule has 0 radical (unpaired) electrons. The fraction of sp³-hybridized carbons (Fsp3) is 0.636. The van der Waals surface area contributed by atoms with Crippen LogP contribution in [0.15, 0.2) is 11.1 Å². The third kappa shape index (κ3) is 3.45. The van der Waals surface area contributed by atoms with Crippen molar-refractivity contribution in [2.75, 3.05) is 19.0 Å². The maximum Gasteiger partial charge on any atom is 0.295 e. The lowest BCUT2D eigenvalue weighted by molar-refractivity contribution is 0.405. The number of ether oxygens (including phenoxy) is 1. The molecule has 1 aromatic heterocycles. The van der Waals surface area contributed by atoms with E-state index in [0.717, 1.165) is 6.42 Å². The van der Waals surface area contributed by atoms with E-state index >= 15 is 0 Å². The zero-order valence-electron chi connectivity index (χ0n) is 10.5. The highest BCUT2D eigenvalue weighted by Crippen LogP contribution is 2.19. The van der Waals surface area contributed by atoms with Crippen molar-refractivity contribution >= 4 is 5.82 Å². The Hall–Kier alpha value is -1.56. The van der Waals surface area contributed by atoms with E-state index in [9.17, 15) is 4.79 Å². The first-order valence-electron chi connectivity index (χ1n) is 5.68. The number of nitrogens with one attached hydrogen (secondary N) is 2. The lowest BCUT2D eigenvalue weighted by Crippen LogP contribution is -2.30. The van der Waals surface area contributed by atoms with Crippen LogP contribution >= 0.6 is 0 Å². The van der Waals surface area contributed by atoms with Crippen LogP contribution in [0.2, 0.25) is 0 Å². The molecule has 6 heteroatoms. The molecule has 0 amide bonds. The molecule has 1 rings (SSSR count). The largest absolute Gasteiger partial charge is 0.489 e. The smallest absolute Gasteiger partial charge is 0.295 e. The second-order valence-corrected chi connectivity index (χ2v) is 4.19. The number of H-pyrrole nitrogens is 1. The Morgan fingerprint density at radius 1 is 1.59 bits per heavy atom. The average molecular weight is 240 g/mol. The van der Waals surface area contributed by atoms with Crippen LogP contribution in [0.3, 0.4) is 0 Å². The number of methoxy groups -OCH3 is 1. The number of nitrogens with zero attached hydrogens (tertiary/aromatic N) is 1. The highest BCUT2D eigenvalue weighted by atomic mass is 16.5. The summed E-state index contributed by atoms with van der Waals surface area (Å²) in [6, 6.07) is 0.170. The Labute approximate surface area is 101 Å². The van der Waals surface area contributed by atoms with Gasteiger partial charge in [0.25, 0.3) is 5.56 Å². The normalized spacial score (nSPS) is 12.5. The average Bonchev–Trinajstić information content (AvgIpc) is 2.28. The summed E-state index contributed by atoms with van der Waals surface area (Å²) in [5.74, 6) is 1.06. The van der Waals surface area contributed by atoms with Crippen LogP contribution in [0.5, 0.6) is 5.75 Å². The van der Waals surface area contributed by atoms with E-state index in [4.69, 9.17) is 10.5 Å². The molecule has 96 valence electrons. The van der Waals surface area contributed by atoms with Gasteiger partial charge in [-0.2, -0.15) is 0 Å². The Kier molecular flexibility index (Phi) is 4.96. The highest BCUT2D eigenvalue weighted by Gasteiger charge is 2.16. The van der Waals surface area contributed by atoms with Crippen molar-refractivity contribution in [3.05, 3.63) is 16.7 Å². The van der Waals surface area contributed by atoms with E-state index in [0.29, 0.717) is 18.3 Å². The maximum absolute atomic E-state index is 11.5. The predicted octanol–water partition coefficient (Wildman–Crippen LogP) is 0.564. The molecule has 17 heavy (non-hydrogen) atoms. The van der Waals surface area contributed by atoms with Gasteiger partial charge >= 0.3 is 0 Å². The van der Waals surface area contributed by atoms with Crippen LogP contribution < -0.4 is 21.3 Å². The van der Waals surface area contributed by atoms with Crippen molar-refractivity contribution in [3.63, 3.8) is 0 Å². The summed E-state index contributed by atoms with van der Waals surface area (Å²) in [5.41, 5.74) is 5.27. The summed E-state index contributed by atoms with van der Waals surface area (Å²) >= 11 is 0. The zero-order valence-corrected chi connectivity index (χ0v) is 10.5. The van der Waals surface area contributed by atoms with E-state index in [2.05, 4.69) is 29.1 Å². The Morgan fingerprint density at radius 2 is 2.29 bits per heavy atom. The highest BCUT2D eigenvalue weighted by molar-refractivity contribution is 5.48. The summed E-state index contributed by atoms with van der Waals surface area (Å²) in [5, 5.41) is 3.20. The molecule has 0 spiro atoms. The van der Waals surface area contributed by atoms with Crippen LogP contribution in [-0.2, 0) is 0 Å². The molecule has 1 heterocycles. The van der Waals surface area contributed by atoms with Gasteiger partial charge in [0.05, 0.1) is 13.4 Å². The van der Waals surface area contributed by atoms with Gasteiger partial charge in [-0.25, -0.2) is 4.98 Å². The van der Waals surface area contributed by atoms with Gasteiger partial charge < -0.3 is 20.8 Å². The molecule has 0 saturated carbocycles. The van der Waals surface area contributed by atoms with E-state index in [1.54, 1.807) is 0 Å². The standard InChI is InChI=1S/C11H20N4O2/c1-7(2)8(4-5-12)15-10-9(17-3)11(16)14-6-13-10/h6-8H,4-5,12H2,1-3H3,(H2,13,14,15,16). The first kappa shape index (κ1) is 13.5. The van der Waals surface area contributed by atoms with Gasteiger partial charge in [-0.15, -0.1) is 0 Å². The van der Waals surface area contributed by atoms with Crippen molar-refractivity contribution in [3.8, 4) is 5.75 Å². The van der Waals surface area contributed by atoms with Crippen molar-refractivity contribution < 1.29 is 4.74 Å². The molecule has 1 unspecified atom stereocenters. The first-order chi connectivity index (χ1) is 8.10. The van der Waals surface area contributed by atoms with Crippen molar-refractivity contribution in [1.82, 2.24) is 9.97 Å². The SMILES string of the molecule is COc1c(NC(CCN)C(C)C)nc[nH]c1=O. The maximum atomic E-state index is 11.5. The summed E-state index contributed by atoms with van der Waals surface area (Å²) in [6.07, 6.45) is 2.17. The number of rotatable bonds is 6. The molecule has 0 aliphatic heterocycles. The third-order valence-corrected chi connectivity index (χ3v) is 2.62. The summed E-state index contributed by atoms with van der Waals surface area (Å²) in [7, 11) is 1.45. The minimum absolute atomic E-state index is 0.170. The van der Waals surface area contributed by atoms with Crippen LogP contribution in [0, 0.1) is 5.92 Å². The Bertz CT molecular complexity index is 403. The minimum Gasteiger partial charge on any atom is -0.489 e. The number of anilines is 1. The van der Waals surface area contributed by atoms with Crippen molar-refractivity contribution in [1.29, 1.82) is 0 Å². The molecular weight excluding hydrogens is 220 g/mol. The molecule has 1 atom stereocenters. The van der Waals surface area contributed by atoms with Crippen LogP contribution in [0.4, 0.5) is 5.82 Å². The molecule has 0 fully saturated rings. The summed E-state index contributed by atoms with van der Waals surface area (Å²) in [4.78, 5) is 18.0. The van der Waals surface area contributed by atoms with E-state index in [1.807, 2.05) is 0 Å². The lowest BCUT2D eigenvalue weighted by Gasteiger charge is -2.22. The van der Waals surface area contributed by atoms with Crippen molar-refractivity contribution in [2.24, 2.45) is 11.7 Å². The predicted molar refractivity (Wildman–Crippen MR) is 67.3 cm³/mol. The number of aromatic amines is 1. The molecular formula is C11H20N4O2. The van der Waals surface area contributed by atoms with E-state index in [-0.39, 0.29) is 17.4 Å². The molecule has 0 aromatic carbocycles. The summed E-state index contributed by atoms with van der Waals surface area (Å²) in [6.45, 7) is 4.77. The number of aromatic nitrogens is 2. The molecule has 6 nitrogen and oxygen atoms in total. The molecule has 1 aromatic rings. The van der Waals surface area contributed by atoms with Crippen LogP contribution in [0.1, 0.15) is 20.3 Å². The van der Waals surface area contributed by atoms with Gasteiger partial charge in [0, 0.05) is 6.04 Å². The quantitative estimate of drug-likeness (QED) is 0.675. The third-order valence-electron chi connectivity index (χ3n) is 2.62. The molecule has 0 aliphatic rings. The van der Waals surface area contributed by atoms with Gasteiger partial charge in [-0.3, -0.25) is 4.79 Å². The second-order valence-electron chi connectivity index (χ2n) is 4.19. The number of hydrogen-bond donors (Lipinski definition) is 3. The van der Waals surface area contributed by atoms with Gasteiger partial charge in [-0.05, 0) is 18.9 Å². The lowest BCUT2D eigenvalue weighted by atomic mass is 10.0. The molecule has 0 bridgehead atoms. The van der Waals surface area contributed by atoms with Gasteiger partial charge in [0.15, 0.2) is 5.82 Å².